The van der Waals surface area contributed by atoms with Crippen LogP contribution in [-0.4, -0.2) is 28.8 Å². The summed E-state index contributed by atoms with van der Waals surface area (Å²) < 4.78 is 13.3. The fourth-order valence-electron chi connectivity index (χ4n) is 4.99. The first-order chi connectivity index (χ1) is 18.3. The summed E-state index contributed by atoms with van der Waals surface area (Å²) in [6.45, 7) is 26.3. The Balaban J connectivity index is 2.47. The molecular weight excluding hydrogens is 525 g/mol. The first-order valence-corrected chi connectivity index (χ1v) is 19.7. The monoisotopic (exact) mass is 580 g/mol. The van der Waals surface area contributed by atoms with Crippen LogP contribution in [0, 0.1) is 10.8 Å². The zero-order chi connectivity index (χ0) is 30.3. The van der Waals surface area contributed by atoms with Gasteiger partial charge in [-0.15, -0.1) is 0 Å². The molecule has 2 rings (SSSR count). The minimum Gasteiger partial charge on any atom is -0.410 e. The van der Waals surface area contributed by atoms with Crippen molar-refractivity contribution in [3.8, 4) is 0 Å². The number of unbranched alkanes of at least 4 members (excludes halogenated alkanes) is 1. The average molecular weight is 581 g/mol. The number of aliphatic hydroxyl groups is 1. The lowest BCUT2D eigenvalue weighted by Crippen LogP contribution is -2.28. The van der Waals surface area contributed by atoms with Gasteiger partial charge >= 0.3 is 0 Å². The molecule has 0 fully saturated rings. The molecule has 5 heteroatoms. The van der Waals surface area contributed by atoms with Crippen LogP contribution in [0.4, 0.5) is 0 Å². The SMILES string of the molecule is C[Si](C)OC(c1cc(/C=C/c2cccc(CCCCC(C)(C)O)c2)cc(C(O[Si](C)C)C(C)(C)C)c1)C(C)(C)C. The Hall–Kier alpha value is -1.51. The summed E-state index contributed by atoms with van der Waals surface area (Å²) in [5.41, 5.74) is 5.56. The third kappa shape index (κ3) is 12.2. The van der Waals surface area contributed by atoms with E-state index in [0.29, 0.717) is 0 Å². The molecule has 0 aromatic heterocycles. The predicted molar refractivity (Wildman–Crippen MR) is 177 cm³/mol. The number of benzene rings is 2. The van der Waals surface area contributed by atoms with E-state index in [1.807, 2.05) is 13.8 Å². The Kier molecular flexibility index (Phi) is 12.7. The van der Waals surface area contributed by atoms with Gasteiger partial charge in [-0.25, -0.2) is 0 Å². The maximum absolute atomic E-state index is 10.00. The molecule has 2 atom stereocenters. The van der Waals surface area contributed by atoms with Gasteiger partial charge in [0.05, 0.1) is 17.8 Å². The molecule has 2 radical (unpaired) electrons. The summed E-state index contributed by atoms with van der Waals surface area (Å²) >= 11 is 0. The first kappa shape index (κ1) is 34.7. The highest BCUT2D eigenvalue weighted by Crippen LogP contribution is 2.42. The molecule has 2 unspecified atom stereocenters. The predicted octanol–water partition coefficient (Wildman–Crippen LogP) is 10.1. The van der Waals surface area contributed by atoms with Crippen molar-refractivity contribution >= 4 is 30.2 Å². The van der Waals surface area contributed by atoms with Gasteiger partial charge in [0.25, 0.3) is 0 Å². The van der Waals surface area contributed by atoms with Crippen LogP contribution in [-0.2, 0) is 15.3 Å². The number of rotatable bonds is 13. The summed E-state index contributed by atoms with van der Waals surface area (Å²) in [6, 6.07) is 15.8. The number of hydrogen-bond donors (Lipinski definition) is 1. The van der Waals surface area contributed by atoms with E-state index in [4.69, 9.17) is 8.85 Å². The van der Waals surface area contributed by atoms with Crippen molar-refractivity contribution in [2.45, 2.75) is 125 Å². The van der Waals surface area contributed by atoms with Gasteiger partial charge in [0, 0.05) is 0 Å². The lowest BCUT2D eigenvalue weighted by atomic mass is 9.80. The molecule has 1 N–H and O–H groups in total. The minimum atomic E-state index is -0.890. The molecule has 0 saturated heterocycles. The fourth-order valence-corrected chi connectivity index (χ4v) is 6.92. The van der Waals surface area contributed by atoms with E-state index in [9.17, 15) is 5.11 Å². The highest BCUT2D eigenvalue weighted by atomic mass is 28.3. The lowest BCUT2D eigenvalue weighted by Gasteiger charge is -2.36. The fraction of sp³-hybridized carbons (Fsp3) is 0.600. The Bertz CT molecular complexity index is 1040. The number of hydrogen-bond acceptors (Lipinski definition) is 3. The van der Waals surface area contributed by atoms with Gasteiger partial charge in [-0.1, -0.05) is 90.4 Å². The maximum Gasteiger partial charge on any atom is 0.205 e. The number of aryl methyl sites for hydroxylation is 1. The summed E-state index contributed by atoms with van der Waals surface area (Å²) in [5.74, 6) is 0. The summed E-state index contributed by atoms with van der Waals surface area (Å²) in [7, 11) is -1.78. The molecule has 0 heterocycles. The van der Waals surface area contributed by atoms with E-state index in [1.165, 1.54) is 27.8 Å². The second-order valence-electron chi connectivity index (χ2n) is 14.6. The Morgan fingerprint density at radius 3 is 1.65 bits per heavy atom. The molecule has 2 aromatic carbocycles. The Morgan fingerprint density at radius 2 is 1.20 bits per heavy atom. The van der Waals surface area contributed by atoms with E-state index in [0.717, 1.165) is 25.7 Å². The molecular formula is C35H56O3Si2. The van der Waals surface area contributed by atoms with Crippen molar-refractivity contribution < 1.29 is 14.0 Å². The summed E-state index contributed by atoms with van der Waals surface area (Å²) in [5, 5.41) is 10.00. The zero-order valence-electron chi connectivity index (χ0n) is 27.4. The van der Waals surface area contributed by atoms with Crippen LogP contribution in [0.3, 0.4) is 0 Å². The molecule has 3 nitrogen and oxygen atoms in total. The molecule has 0 spiro atoms. The van der Waals surface area contributed by atoms with Crippen molar-refractivity contribution in [3.05, 3.63) is 70.3 Å². The van der Waals surface area contributed by atoms with Crippen LogP contribution in [0.15, 0.2) is 42.5 Å². The van der Waals surface area contributed by atoms with E-state index in [-0.39, 0.29) is 23.0 Å². The highest BCUT2D eigenvalue weighted by molar-refractivity contribution is 6.48. The van der Waals surface area contributed by atoms with Gasteiger partial charge < -0.3 is 14.0 Å². The topological polar surface area (TPSA) is 38.7 Å². The van der Waals surface area contributed by atoms with E-state index in [2.05, 4.69) is 122 Å². The van der Waals surface area contributed by atoms with Gasteiger partial charge in [0.15, 0.2) is 0 Å². The van der Waals surface area contributed by atoms with Crippen LogP contribution in [0.1, 0.15) is 115 Å². The summed E-state index contributed by atoms with van der Waals surface area (Å²) in [6.07, 6.45) is 8.49. The standard InChI is InChI=1S/C35H56O3Si2/c1-33(2,3)31(37-39(9)10)29-23-28(24-30(25-29)32(34(4,5)6)38-40(11)12)20-19-27-18-15-17-26(22-27)16-13-14-21-35(7,8)36/h15,17-20,22-25,31-32,36H,13-14,16,21H2,1-12H3/b20-19+. The maximum atomic E-state index is 10.00. The quantitative estimate of drug-likeness (QED) is 0.145. The third-order valence-corrected chi connectivity index (χ3v) is 8.22. The normalized spacial score (nSPS) is 14.9. The first-order valence-electron chi connectivity index (χ1n) is 14.9. The Morgan fingerprint density at radius 1 is 0.700 bits per heavy atom. The second kappa shape index (κ2) is 14.6. The molecule has 0 amide bonds. The van der Waals surface area contributed by atoms with E-state index < -0.39 is 23.7 Å². The Labute approximate surface area is 249 Å². The van der Waals surface area contributed by atoms with Gasteiger partial charge in [0.1, 0.15) is 0 Å². The van der Waals surface area contributed by atoms with Crippen LogP contribution < -0.4 is 0 Å². The summed E-state index contributed by atoms with van der Waals surface area (Å²) in [4.78, 5) is 0. The molecule has 222 valence electrons. The van der Waals surface area contributed by atoms with Gasteiger partial charge in [-0.05, 0) is 110 Å². The van der Waals surface area contributed by atoms with Crippen molar-refractivity contribution in [1.29, 1.82) is 0 Å². The van der Waals surface area contributed by atoms with E-state index in [1.54, 1.807) is 0 Å². The molecule has 0 bridgehead atoms. The molecule has 40 heavy (non-hydrogen) atoms. The molecule has 0 aliphatic carbocycles. The largest absolute Gasteiger partial charge is 0.410 e. The van der Waals surface area contributed by atoms with Crippen LogP contribution in [0.2, 0.25) is 26.2 Å². The van der Waals surface area contributed by atoms with Crippen molar-refractivity contribution in [2.24, 2.45) is 10.8 Å². The molecule has 0 aliphatic heterocycles. The van der Waals surface area contributed by atoms with Crippen LogP contribution >= 0.6 is 0 Å². The van der Waals surface area contributed by atoms with Crippen molar-refractivity contribution in [1.82, 2.24) is 0 Å². The van der Waals surface area contributed by atoms with Gasteiger partial charge in [0.2, 0.25) is 18.1 Å². The van der Waals surface area contributed by atoms with Crippen LogP contribution in [0.5, 0.6) is 0 Å². The second-order valence-corrected chi connectivity index (χ2v) is 18.7. The smallest absolute Gasteiger partial charge is 0.205 e. The molecule has 0 aliphatic rings. The van der Waals surface area contributed by atoms with Crippen LogP contribution in [0.25, 0.3) is 12.2 Å². The van der Waals surface area contributed by atoms with E-state index >= 15 is 0 Å². The molecule has 2 aromatic rings. The van der Waals surface area contributed by atoms with Crippen molar-refractivity contribution in [3.63, 3.8) is 0 Å². The minimum absolute atomic E-state index is 0.0179. The van der Waals surface area contributed by atoms with Crippen molar-refractivity contribution in [2.75, 3.05) is 0 Å². The zero-order valence-corrected chi connectivity index (χ0v) is 29.4. The lowest BCUT2D eigenvalue weighted by molar-refractivity contribution is 0.0682. The van der Waals surface area contributed by atoms with Gasteiger partial charge in [-0.3, -0.25) is 0 Å². The third-order valence-electron chi connectivity index (χ3n) is 6.81. The molecule has 0 saturated carbocycles. The van der Waals surface area contributed by atoms with Gasteiger partial charge in [-0.2, -0.15) is 0 Å². The average Bonchev–Trinajstić information content (AvgIpc) is 2.80. The highest BCUT2D eigenvalue weighted by Gasteiger charge is 2.32.